The van der Waals surface area contributed by atoms with Gasteiger partial charge in [-0.25, -0.2) is 4.98 Å². The lowest BCUT2D eigenvalue weighted by Gasteiger charge is -2.27. The number of aryl methyl sites for hydroxylation is 1. The lowest BCUT2D eigenvalue weighted by atomic mass is 9.76. The predicted molar refractivity (Wildman–Crippen MR) is 80.0 cm³/mol. The highest BCUT2D eigenvalue weighted by Gasteiger charge is 2.29. The van der Waals surface area contributed by atoms with Crippen molar-refractivity contribution in [2.75, 3.05) is 13.1 Å². The van der Waals surface area contributed by atoms with Crippen molar-refractivity contribution in [1.82, 2.24) is 10.3 Å². The largest absolute Gasteiger partial charge is 0.445 e. The molecule has 3 nitrogen and oxygen atoms in total. The third kappa shape index (κ3) is 2.78. The van der Waals surface area contributed by atoms with Crippen molar-refractivity contribution in [1.29, 1.82) is 0 Å². The summed E-state index contributed by atoms with van der Waals surface area (Å²) in [5.74, 6) is 2.33. The van der Waals surface area contributed by atoms with Crippen LogP contribution >= 0.6 is 0 Å². The first kappa shape index (κ1) is 13.4. The van der Waals surface area contributed by atoms with Crippen LogP contribution in [0.2, 0.25) is 0 Å². The molecule has 0 spiro atoms. The molecule has 1 heterocycles. The fraction of sp³-hybridized carbons (Fsp3) is 0.471. The summed E-state index contributed by atoms with van der Waals surface area (Å²) < 4.78 is 5.91. The number of nitrogens with one attached hydrogen (secondary N) is 1. The van der Waals surface area contributed by atoms with Crippen LogP contribution < -0.4 is 5.32 Å². The summed E-state index contributed by atoms with van der Waals surface area (Å²) in [5, 5.41) is 3.40. The first-order chi connectivity index (χ1) is 9.88. The molecule has 0 saturated heterocycles. The van der Waals surface area contributed by atoms with Gasteiger partial charge in [0, 0.05) is 12.3 Å². The summed E-state index contributed by atoms with van der Waals surface area (Å²) in [6.07, 6.45) is 6.19. The standard InChI is InChI=1S/C17H22N2O/c1-2-9-18-10-5-8-17-19-12-16(20-17)15-11-13-6-3-4-7-14(13)15/h3-4,6-7,12,15,18H,2,5,8-11H2,1H3. The Morgan fingerprint density at radius 3 is 3.05 bits per heavy atom. The molecule has 1 aromatic heterocycles. The van der Waals surface area contributed by atoms with E-state index in [4.69, 9.17) is 4.42 Å². The molecule has 0 bridgehead atoms. The van der Waals surface area contributed by atoms with E-state index in [1.807, 2.05) is 6.20 Å². The second-order valence-corrected chi connectivity index (χ2v) is 5.47. The summed E-state index contributed by atoms with van der Waals surface area (Å²) in [4.78, 5) is 4.42. The molecule has 106 valence electrons. The number of fused-ring (bicyclic) bond motifs is 1. The zero-order chi connectivity index (χ0) is 13.8. The van der Waals surface area contributed by atoms with Crippen molar-refractivity contribution in [3.63, 3.8) is 0 Å². The number of rotatable bonds is 7. The molecule has 0 radical (unpaired) electrons. The van der Waals surface area contributed by atoms with E-state index in [0.29, 0.717) is 5.92 Å². The minimum Gasteiger partial charge on any atom is -0.445 e. The third-order valence-electron chi connectivity index (χ3n) is 3.94. The molecule has 1 aliphatic rings. The van der Waals surface area contributed by atoms with Crippen LogP contribution in [0, 0.1) is 0 Å². The Morgan fingerprint density at radius 2 is 2.20 bits per heavy atom. The van der Waals surface area contributed by atoms with E-state index in [1.54, 1.807) is 0 Å². The Balaban J connectivity index is 1.53. The summed E-state index contributed by atoms with van der Waals surface area (Å²) in [7, 11) is 0. The van der Waals surface area contributed by atoms with Crippen LogP contribution in [-0.4, -0.2) is 18.1 Å². The minimum absolute atomic E-state index is 0.422. The van der Waals surface area contributed by atoms with Gasteiger partial charge in [-0.2, -0.15) is 0 Å². The van der Waals surface area contributed by atoms with Gasteiger partial charge < -0.3 is 9.73 Å². The number of hydrogen-bond acceptors (Lipinski definition) is 3. The molecule has 1 atom stereocenters. The van der Waals surface area contributed by atoms with Crippen molar-refractivity contribution in [3.8, 4) is 0 Å². The minimum atomic E-state index is 0.422. The smallest absolute Gasteiger partial charge is 0.194 e. The molecule has 1 aromatic carbocycles. The first-order valence-corrected chi connectivity index (χ1v) is 7.61. The molecular weight excluding hydrogens is 248 g/mol. The average molecular weight is 270 g/mol. The van der Waals surface area contributed by atoms with Crippen LogP contribution in [0.25, 0.3) is 0 Å². The highest BCUT2D eigenvalue weighted by atomic mass is 16.4. The lowest BCUT2D eigenvalue weighted by molar-refractivity contribution is 0.420. The van der Waals surface area contributed by atoms with Crippen molar-refractivity contribution >= 4 is 0 Å². The quantitative estimate of drug-likeness (QED) is 0.785. The highest BCUT2D eigenvalue weighted by molar-refractivity contribution is 5.44. The molecule has 20 heavy (non-hydrogen) atoms. The van der Waals surface area contributed by atoms with E-state index < -0.39 is 0 Å². The van der Waals surface area contributed by atoms with Gasteiger partial charge in [0.1, 0.15) is 5.76 Å². The van der Waals surface area contributed by atoms with Gasteiger partial charge in [0.2, 0.25) is 0 Å². The number of oxazole rings is 1. The topological polar surface area (TPSA) is 38.1 Å². The monoisotopic (exact) mass is 270 g/mol. The van der Waals surface area contributed by atoms with E-state index in [0.717, 1.165) is 44.0 Å². The van der Waals surface area contributed by atoms with Crippen LogP contribution in [0.4, 0.5) is 0 Å². The molecule has 0 aliphatic heterocycles. The van der Waals surface area contributed by atoms with Crippen LogP contribution in [0.1, 0.15) is 48.5 Å². The van der Waals surface area contributed by atoms with Gasteiger partial charge in [-0.1, -0.05) is 31.2 Å². The maximum atomic E-state index is 5.91. The number of hydrogen-bond donors (Lipinski definition) is 1. The second-order valence-electron chi connectivity index (χ2n) is 5.47. The first-order valence-electron chi connectivity index (χ1n) is 7.61. The van der Waals surface area contributed by atoms with Crippen molar-refractivity contribution in [3.05, 3.63) is 53.2 Å². The van der Waals surface area contributed by atoms with Crippen molar-refractivity contribution in [2.24, 2.45) is 0 Å². The summed E-state index contributed by atoms with van der Waals surface area (Å²) >= 11 is 0. The zero-order valence-electron chi connectivity index (χ0n) is 12.1. The Kier molecular flexibility index (Phi) is 4.16. The molecule has 1 aliphatic carbocycles. The fourth-order valence-electron chi connectivity index (χ4n) is 2.78. The van der Waals surface area contributed by atoms with E-state index >= 15 is 0 Å². The average Bonchev–Trinajstić information content (AvgIpc) is 2.88. The van der Waals surface area contributed by atoms with Gasteiger partial charge >= 0.3 is 0 Å². The number of benzene rings is 1. The predicted octanol–water partition coefficient (Wildman–Crippen LogP) is 3.29. The Labute approximate surface area is 120 Å². The fourth-order valence-corrected chi connectivity index (χ4v) is 2.78. The van der Waals surface area contributed by atoms with Gasteiger partial charge in [-0.15, -0.1) is 0 Å². The SMILES string of the molecule is CCCNCCCc1ncc(C2Cc3ccccc32)o1. The molecule has 0 amide bonds. The van der Waals surface area contributed by atoms with Gasteiger partial charge in [-0.3, -0.25) is 0 Å². The Bertz CT molecular complexity index is 562. The van der Waals surface area contributed by atoms with Crippen LogP contribution in [0.3, 0.4) is 0 Å². The molecule has 3 heteroatoms. The maximum Gasteiger partial charge on any atom is 0.194 e. The second kappa shape index (κ2) is 6.23. The normalized spacial score (nSPS) is 16.8. The highest BCUT2D eigenvalue weighted by Crippen LogP contribution is 2.39. The van der Waals surface area contributed by atoms with Crippen LogP contribution in [-0.2, 0) is 12.8 Å². The van der Waals surface area contributed by atoms with E-state index in [1.165, 1.54) is 17.5 Å². The van der Waals surface area contributed by atoms with Crippen molar-refractivity contribution in [2.45, 2.75) is 38.5 Å². The molecule has 0 fully saturated rings. The molecule has 2 aromatic rings. The third-order valence-corrected chi connectivity index (χ3v) is 3.94. The summed E-state index contributed by atoms with van der Waals surface area (Å²) in [5.41, 5.74) is 2.85. The Morgan fingerprint density at radius 1 is 1.30 bits per heavy atom. The lowest BCUT2D eigenvalue weighted by Crippen LogP contribution is -2.17. The Hall–Kier alpha value is -1.61. The van der Waals surface area contributed by atoms with Gasteiger partial charge in [0.25, 0.3) is 0 Å². The molecule has 1 unspecified atom stereocenters. The number of aromatic nitrogens is 1. The zero-order valence-corrected chi connectivity index (χ0v) is 12.1. The molecule has 1 N–H and O–H groups in total. The van der Waals surface area contributed by atoms with Crippen LogP contribution in [0.5, 0.6) is 0 Å². The van der Waals surface area contributed by atoms with Crippen molar-refractivity contribution < 1.29 is 4.42 Å². The number of nitrogens with zero attached hydrogens (tertiary/aromatic N) is 1. The maximum absolute atomic E-state index is 5.91. The molecule has 3 rings (SSSR count). The van der Waals surface area contributed by atoms with Crippen LogP contribution in [0.15, 0.2) is 34.9 Å². The van der Waals surface area contributed by atoms with Gasteiger partial charge in [0.15, 0.2) is 5.89 Å². The van der Waals surface area contributed by atoms with Gasteiger partial charge in [0.05, 0.1) is 6.20 Å². The molecular formula is C17H22N2O. The van der Waals surface area contributed by atoms with E-state index in [9.17, 15) is 0 Å². The van der Waals surface area contributed by atoms with E-state index in [2.05, 4.69) is 41.5 Å². The summed E-state index contributed by atoms with van der Waals surface area (Å²) in [6.45, 7) is 4.32. The molecule has 0 saturated carbocycles. The van der Waals surface area contributed by atoms with E-state index in [-0.39, 0.29) is 0 Å². The summed E-state index contributed by atoms with van der Waals surface area (Å²) in [6, 6.07) is 8.59. The van der Waals surface area contributed by atoms with Gasteiger partial charge in [-0.05, 0) is 43.5 Å².